The molecule has 19 heavy (non-hydrogen) atoms. The number of carbonyl (C=O) groups is 4. The van der Waals surface area contributed by atoms with Crippen LogP contribution in [0.15, 0.2) is 0 Å². The number of carbonyl (C=O) groups excluding carboxylic acids is 1. The molecular formula is C10H16N2O7. The molecule has 0 aromatic heterocycles. The topological polar surface area (TPSA) is 158 Å². The van der Waals surface area contributed by atoms with Gasteiger partial charge in [-0.1, -0.05) is 0 Å². The molecule has 1 aliphatic heterocycles. The SMILES string of the molecule is NC(CCC(=O)O)C(=O)O.O=C(O)N1CCCC1=O. The predicted octanol–water partition coefficient (Wildman–Crippen LogP) is -0.450. The minimum atomic E-state index is -1.17. The third-order valence-corrected chi connectivity index (χ3v) is 2.29. The number of imide groups is 1. The number of nitrogens with zero attached hydrogens (tertiary/aromatic N) is 1. The molecule has 5 N–H and O–H groups in total. The van der Waals surface area contributed by atoms with Crippen LogP contribution in [0.4, 0.5) is 4.79 Å². The van der Waals surface area contributed by atoms with E-state index < -0.39 is 24.1 Å². The normalized spacial score (nSPS) is 15.4. The van der Waals surface area contributed by atoms with Gasteiger partial charge in [-0.3, -0.25) is 14.4 Å². The standard InChI is InChI=1S/C5H9NO4.C5H7NO3/c6-3(5(9)10)1-2-4(7)8;7-4-2-1-3-6(4)5(8)9/h3H,1-2,6H2,(H,7,8)(H,9,10);1-3H2,(H,8,9). The van der Waals surface area contributed by atoms with E-state index in [-0.39, 0.29) is 18.7 Å². The Hall–Kier alpha value is -2.16. The van der Waals surface area contributed by atoms with Crippen molar-refractivity contribution < 1.29 is 34.5 Å². The molecular weight excluding hydrogens is 260 g/mol. The van der Waals surface area contributed by atoms with Gasteiger partial charge in [-0.15, -0.1) is 0 Å². The van der Waals surface area contributed by atoms with Gasteiger partial charge < -0.3 is 21.1 Å². The smallest absolute Gasteiger partial charge is 0.414 e. The summed E-state index contributed by atoms with van der Waals surface area (Å²) in [4.78, 5) is 41.4. The average molecular weight is 276 g/mol. The second kappa shape index (κ2) is 8.03. The molecule has 1 saturated heterocycles. The van der Waals surface area contributed by atoms with E-state index in [4.69, 9.17) is 21.1 Å². The third kappa shape index (κ3) is 6.99. The first kappa shape index (κ1) is 16.8. The first-order valence-electron chi connectivity index (χ1n) is 5.49. The molecule has 1 rings (SSSR count). The summed E-state index contributed by atoms with van der Waals surface area (Å²) in [6, 6.07) is -1.06. The van der Waals surface area contributed by atoms with Crippen LogP contribution >= 0.6 is 0 Å². The fourth-order valence-corrected chi connectivity index (χ4v) is 1.25. The van der Waals surface area contributed by atoms with Crippen LogP contribution in [0.1, 0.15) is 25.7 Å². The van der Waals surface area contributed by atoms with Crippen molar-refractivity contribution in [2.45, 2.75) is 31.7 Å². The van der Waals surface area contributed by atoms with Gasteiger partial charge in [-0.05, 0) is 12.8 Å². The van der Waals surface area contributed by atoms with Gasteiger partial charge >= 0.3 is 18.0 Å². The van der Waals surface area contributed by atoms with E-state index in [1.54, 1.807) is 0 Å². The molecule has 9 heteroatoms. The highest BCUT2D eigenvalue weighted by Crippen LogP contribution is 2.08. The summed E-state index contributed by atoms with van der Waals surface area (Å²) in [6.07, 6.45) is -0.298. The molecule has 0 bridgehead atoms. The maximum absolute atomic E-state index is 10.6. The van der Waals surface area contributed by atoms with E-state index in [9.17, 15) is 19.2 Å². The Morgan fingerprint density at radius 2 is 1.84 bits per heavy atom. The van der Waals surface area contributed by atoms with Crippen LogP contribution in [-0.2, 0) is 14.4 Å². The Bertz CT molecular complexity index is 369. The number of carboxylic acid groups (broad SMARTS) is 3. The summed E-state index contributed by atoms with van der Waals surface area (Å²) in [6.45, 7) is 0.369. The van der Waals surface area contributed by atoms with E-state index in [0.717, 1.165) is 4.90 Å². The summed E-state index contributed by atoms with van der Waals surface area (Å²) in [5.74, 6) is -2.47. The van der Waals surface area contributed by atoms with Gasteiger partial charge in [0.1, 0.15) is 6.04 Å². The summed E-state index contributed by atoms with van der Waals surface area (Å²) in [7, 11) is 0. The summed E-state index contributed by atoms with van der Waals surface area (Å²) in [5, 5.41) is 24.6. The Kier molecular flexibility index (Phi) is 7.12. The minimum absolute atomic E-state index is 0.0231. The Balaban J connectivity index is 0.000000342. The predicted molar refractivity (Wildman–Crippen MR) is 61.5 cm³/mol. The number of amides is 2. The molecule has 1 fully saturated rings. The van der Waals surface area contributed by atoms with Crippen molar-refractivity contribution in [2.24, 2.45) is 5.73 Å². The summed E-state index contributed by atoms with van der Waals surface area (Å²) >= 11 is 0. The number of rotatable bonds is 4. The van der Waals surface area contributed by atoms with Crippen molar-refractivity contribution in [3.05, 3.63) is 0 Å². The van der Waals surface area contributed by atoms with Crippen LogP contribution < -0.4 is 5.73 Å². The van der Waals surface area contributed by atoms with Crippen LogP contribution in [0.3, 0.4) is 0 Å². The molecule has 0 saturated carbocycles. The number of hydrogen-bond donors (Lipinski definition) is 4. The monoisotopic (exact) mass is 276 g/mol. The highest BCUT2D eigenvalue weighted by molar-refractivity contribution is 5.92. The summed E-state index contributed by atoms with van der Waals surface area (Å²) < 4.78 is 0. The van der Waals surface area contributed by atoms with Gasteiger partial charge in [0.25, 0.3) is 0 Å². The minimum Gasteiger partial charge on any atom is -0.481 e. The zero-order valence-electron chi connectivity index (χ0n) is 10.1. The van der Waals surface area contributed by atoms with Gasteiger partial charge in [0.15, 0.2) is 0 Å². The van der Waals surface area contributed by atoms with Gasteiger partial charge in [0.05, 0.1) is 0 Å². The van der Waals surface area contributed by atoms with Crippen LogP contribution in [-0.4, -0.2) is 56.7 Å². The molecule has 0 spiro atoms. The molecule has 0 aromatic carbocycles. The lowest BCUT2D eigenvalue weighted by molar-refractivity contribution is -0.140. The number of hydrogen-bond acceptors (Lipinski definition) is 5. The molecule has 1 atom stereocenters. The fraction of sp³-hybridized carbons (Fsp3) is 0.600. The van der Waals surface area contributed by atoms with E-state index in [1.165, 1.54) is 0 Å². The zero-order valence-corrected chi connectivity index (χ0v) is 10.1. The number of nitrogens with two attached hydrogens (primary N) is 1. The van der Waals surface area contributed by atoms with Crippen LogP contribution in [0.2, 0.25) is 0 Å². The quantitative estimate of drug-likeness (QED) is 0.537. The maximum atomic E-state index is 10.6. The number of carboxylic acids is 2. The second-order valence-electron chi connectivity index (χ2n) is 3.81. The van der Waals surface area contributed by atoms with Crippen LogP contribution in [0.25, 0.3) is 0 Å². The van der Waals surface area contributed by atoms with Gasteiger partial charge in [-0.25, -0.2) is 9.69 Å². The third-order valence-electron chi connectivity index (χ3n) is 2.29. The van der Waals surface area contributed by atoms with Crippen molar-refractivity contribution in [3.8, 4) is 0 Å². The van der Waals surface area contributed by atoms with Crippen molar-refractivity contribution in [3.63, 3.8) is 0 Å². The summed E-state index contributed by atoms with van der Waals surface area (Å²) in [5.41, 5.74) is 5.00. The van der Waals surface area contributed by atoms with E-state index >= 15 is 0 Å². The lowest BCUT2D eigenvalue weighted by Gasteiger charge is -2.05. The molecule has 1 heterocycles. The zero-order chi connectivity index (χ0) is 15.0. The highest BCUT2D eigenvalue weighted by atomic mass is 16.4. The molecule has 9 nitrogen and oxygen atoms in total. The van der Waals surface area contributed by atoms with E-state index in [2.05, 4.69) is 0 Å². The largest absolute Gasteiger partial charge is 0.481 e. The number of aliphatic carboxylic acids is 2. The molecule has 1 unspecified atom stereocenters. The van der Waals surface area contributed by atoms with E-state index in [1.807, 2.05) is 0 Å². The van der Waals surface area contributed by atoms with Crippen molar-refractivity contribution in [1.29, 1.82) is 0 Å². The lowest BCUT2D eigenvalue weighted by atomic mass is 10.2. The highest BCUT2D eigenvalue weighted by Gasteiger charge is 2.25. The Morgan fingerprint density at radius 3 is 2.11 bits per heavy atom. The molecule has 0 aromatic rings. The van der Waals surface area contributed by atoms with Gasteiger partial charge in [-0.2, -0.15) is 0 Å². The van der Waals surface area contributed by atoms with Crippen molar-refractivity contribution >= 4 is 23.9 Å². The van der Waals surface area contributed by atoms with Gasteiger partial charge in [0.2, 0.25) is 5.91 Å². The first-order chi connectivity index (χ1) is 8.75. The Morgan fingerprint density at radius 1 is 1.26 bits per heavy atom. The molecule has 2 amide bonds. The van der Waals surface area contributed by atoms with Crippen molar-refractivity contribution in [2.75, 3.05) is 6.54 Å². The molecule has 108 valence electrons. The molecule has 0 radical (unpaired) electrons. The second-order valence-corrected chi connectivity index (χ2v) is 3.81. The van der Waals surface area contributed by atoms with Gasteiger partial charge in [0, 0.05) is 19.4 Å². The number of likely N-dealkylation sites (tertiary alicyclic amines) is 1. The lowest BCUT2D eigenvalue weighted by Crippen LogP contribution is -2.30. The van der Waals surface area contributed by atoms with Crippen LogP contribution in [0, 0.1) is 0 Å². The van der Waals surface area contributed by atoms with Crippen LogP contribution in [0.5, 0.6) is 0 Å². The maximum Gasteiger partial charge on any atom is 0.414 e. The molecule has 1 aliphatic rings. The molecule has 0 aliphatic carbocycles. The average Bonchev–Trinajstić information content (AvgIpc) is 2.73. The first-order valence-corrected chi connectivity index (χ1v) is 5.49. The fourth-order valence-electron chi connectivity index (χ4n) is 1.25. The van der Waals surface area contributed by atoms with E-state index in [0.29, 0.717) is 19.4 Å². The Labute approximate surface area is 108 Å². The van der Waals surface area contributed by atoms with Crippen molar-refractivity contribution in [1.82, 2.24) is 4.90 Å².